The molecule has 1 heterocycles. The molecule has 0 bridgehead atoms. The van der Waals surface area contributed by atoms with Crippen LogP contribution in [0.3, 0.4) is 0 Å². The molecule has 0 spiro atoms. The van der Waals surface area contributed by atoms with E-state index >= 15 is 0 Å². The molecule has 1 aliphatic heterocycles. The summed E-state index contributed by atoms with van der Waals surface area (Å²) < 4.78 is 55.6. The van der Waals surface area contributed by atoms with Crippen LogP contribution >= 0.6 is 12.4 Å². The van der Waals surface area contributed by atoms with Crippen LogP contribution in [0.5, 0.6) is 5.75 Å². The molecule has 0 unspecified atom stereocenters. The number of ether oxygens (including phenoxy) is 1. The minimum Gasteiger partial charge on any atom is -0.406 e. The maximum absolute atomic E-state index is 14.4. The molecule has 1 N–H and O–H groups in total. The molecule has 0 aliphatic carbocycles. The molecule has 0 aromatic heterocycles. The highest BCUT2D eigenvalue weighted by Gasteiger charge is 2.36. The molecule has 3 nitrogen and oxygen atoms in total. The zero-order valence-corrected chi connectivity index (χ0v) is 14.7. The summed E-state index contributed by atoms with van der Waals surface area (Å²) >= 11 is 0. The van der Waals surface area contributed by atoms with Crippen molar-refractivity contribution in [2.45, 2.75) is 33.2 Å². The van der Waals surface area contributed by atoms with Crippen LogP contribution in [-0.2, 0) is 0 Å². The van der Waals surface area contributed by atoms with Gasteiger partial charge in [0.1, 0.15) is 11.6 Å². The minimum atomic E-state index is -4.79. The van der Waals surface area contributed by atoms with E-state index in [0.29, 0.717) is 13.1 Å². The quantitative estimate of drug-likeness (QED) is 0.809. The fourth-order valence-electron chi connectivity index (χ4n) is 3.08. The highest BCUT2D eigenvalue weighted by atomic mass is 35.5. The first-order valence-electron chi connectivity index (χ1n) is 7.58. The van der Waals surface area contributed by atoms with Crippen molar-refractivity contribution in [3.8, 4) is 5.75 Å². The number of halogens is 5. The Morgan fingerprint density at radius 3 is 2.21 bits per heavy atom. The van der Waals surface area contributed by atoms with E-state index in [4.69, 9.17) is 0 Å². The van der Waals surface area contributed by atoms with Gasteiger partial charge >= 0.3 is 6.36 Å². The fourth-order valence-corrected chi connectivity index (χ4v) is 3.08. The largest absolute Gasteiger partial charge is 0.573 e. The van der Waals surface area contributed by atoms with E-state index in [-0.39, 0.29) is 29.4 Å². The number of hydrogen-bond donors (Lipinski definition) is 1. The molecule has 0 amide bonds. The Kier molecular flexibility index (Phi) is 6.90. The number of benzene rings is 1. The minimum absolute atomic E-state index is 0. The topological polar surface area (TPSA) is 24.5 Å². The van der Waals surface area contributed by atoms with Crippen LogP contribution in [0.25, 0.3) is 0 Å². The second-order valence-electron chi connectivity index (χ2n) is 6.79. The van der Waals surface area contributed by atoms with Crippen LogP contribution in [0.15, 0.2) is 18.2 Å². The highest BCUT2D eigenvalue weighted by molar-refractivity contribution is 5.85. The summed E-state index contributed by atoms with van der Waals surface area (Å²) in [5.74, 6) is -0.906. The Morgan fingerprint density at radius 2 is 1.71 bits per heavy atom. The Morgan fingerprint density at radius 1 is 1.12 bits per heavy atom. The molecule has 138 valence electrons. The van der Waals surface area contributed by atoms with E-state index in [9.17, 15) is 17.6 Å². The van der Waals surface area contributed by atoms with Gasteiger partial charge < -0.3 is 10.1 Å². The van der Waals surface area contributed by atoms with Crippen LogP contribution in [0, 0.1) is 11.2 Å². The molecular formula is C16H23ClF4N2O. The summed E-state index contributed by atoms with van der Waals surface area (Å²) in [6.45, 7) is 8.83. The zero-order valence-electron chi connectivity index (χ0n) is 13.9. The lowest BCUT2D eigenvalue weighted by atomic mass is 9.80. The maximum atomic E-state index is 14.4. The molecule has 1 atom stereocenters. The van der Waals surface area contributed by atoms with E-state index in [1.165, 1.54) is 6.07 Å². The number of piperazine rings is 1. The first-order valence-corrected chi connectivity index (χ1v) is 7.58. The van der Waals surface area contributed by atoms with E-state index in [1.807, 2.05) is 20.8 Å². The Bertz CT molecular complexity index is 540. The second kappa shape index (κ2) is 7.89. The predicted octanol–water partition coefficient (Wildman–Crippen LogP) is 4.14. The standard InChI is InChI=1S/C16H22F4N2O.ClH/c1-15(2,3)14(22-8-6-21-7-9-22)12-10-11(4-5-13(12)17)23-16(18,19)20;/h4-5,10,14,21H,6-9H2,1-3H3;1H/t14-;/m0./s1. The molecule has 1 aromatic carbocycles. The number of alkyl halides is 3. The number of nitrogens with zero attached hydrogens (tertiary/aromatic N) is 1. The molecule has 24 heavy (non-hydrogen) atoms. The summed E-state index contributed by atoms with van der Waals surface area (Å²) in [4.78, 5) is 2.10. The third kappa shape index (κ3) is 5.50. The van der Waals surface area contributed by atoms with Gasteiger partial charge in [-0.05, 0) is 23.6 Å². The van der Waals surface area contributed by atoms with Gasteiger partial charge in [-0.1, -0.05) is 20.8 Å². The van der Waals surface area contributed by atoms with E-state index < -0.39 is 17.9 Å². The van der Waals surface area contributed by atoms with Crippen LogP contribution in [0.2, 0.25) is 0 Å². The lowest BCUT2D eigenvalue weighted by Gasteiger charge is -2.42. The van der Waals surface area contributed by atoms with Crippen LogP contribution in [0.1, 0.15) is 32.4 Å². The van der Waals surface area contributed by atoms with Gasteiger partial charge in [0.15, 0.2) is 0 Å². The van der Waals surface area contributed by atoms with Gasteiger partial charge in [0.2, 0.25) is 0 Å². The van der Waals surface area contributed by atoms with Gasteiger partial charge in [0, 0.05) is 37.8 Å². The molecule has 2 rings (SSSR count). The number of nitrogens with one attached hydrogen (secondary N) is 1. The molecule has 1 saturated heterocycles. The van der Waals surface area contributed by atoms with Crippen molar-refractivity contribution in [2.24, 2.45) is 5.41 Å². The molecule has 0 radical (unpaired) electrons. The van der Waals surface area contributed by atoms with Crippen LogP contribution in [0.4, 0.5) is 17.6 Å². The lowest BCUT2D eigenvalue weighted by molar-refractivity contribution is -0.274. The Labute approximate surface area is 145 Å². The van der Waals surface area contributed by atoms with Gasteiger partial charge in [-0.3, -0.25) is 4.90 Å². The third-order valence-electron chi connectivity index (χ3n) is 3.83. The van der Waals surface area contributed by atoms with Gasteiger partial charge in [0.05, 0.1) is 0 Å². The van der Waals surface area contributed by atoms with Crippen LogP contribution in [-0.4, -0.2) is 37.4 Å². The summed E-state index contributed by atoms with van der Waals surface area (Å²) in [6, 6.07) is 2.88. The normalized spacial score (nSPS) is 18.0. The molecular weight excluding hydrogens is 348 g/mol. The smallest absolute Gasteiger partial charge is 0.406 e. The third-order valence-corrected chi connectivity index (χ3v) is 3.83. The summed E-state index contributed by atoms with van der Waals surface area (Å²) in [5, 5.41) is 3.22. The SMILES string of the molecule is CC(C)(C)[C@H](c1cc(OC(F)(F)F)ccc1F)N1CCNCC1.Cl. The molecule has 1 fully saturated rings. The second-order valence-corrected chi connectivity index (χ2v) is 6.79. The summed E-state index contributed by atoms with van der Waals surface area (Å²) in [6.07, 6.45) is -4.79. The average molecular weight is 371 g/mol. The van der Waals surface area contributed by atoms with E-state index in [1.54, 1.807) is 0 Å². The van der Waals surface area contributed by atoms with Gasteiger partial charge in [-0.2, -0.15) is 0 Å². The van der Waals surface area contributed by atoms with Crippen molar-refractivity contribution in [1.82, 2.24) is 10.2 Å². The van der Waals surface area contributed by atoms with Crippen molar-refractivity contribution in [2.75, 3.05) is 26.2 Å². The molecule has 1 aliphatic rings. The Hall–Kier alpha value is -1.05. The van der Waals surface area contributed by atoms with Crippen LogP contribution < -0.4 is 10.1 Å². The molecule has 0 saturated carbocycles. The lowest BCUT2D eigenvalue weighted by Crippen LogP contribution is -2.48. The fraction of sp³-hybridized carbons (Fsp3) is 0.625. The maximum Gasteiger partial charge on any atom is 0.573 e. The van der Waals surface area contributed by atoms with E-state index in [0.717, 1.165) is 25.2 Å². The van der Waals surface area contributed by atoms with Crippen molar-refractivity contribution in [1.29, 1.82) is 0 Å². The first-order chi connectivity index (χ1) is 10.6. The average Bonchev–Trinajstić information content (AvgIpc) is 2.41. The van der Waals surface area contributed by atoms with Gasteiger partial charge in [-0.15, -0.1) is 25.6 Å². The van der Waals surface area contributed by atoms with Crippen molar-refractivity contribution in [3.05, 3.63) is 29.6 Å². The van der Waals surface area contributed by atoms with Crippen molar-refractivity contribution < 1.29 is 22.3 Å². The summed E-state index contributed by atoms with van der Waals surface area (Å²) in [7, 11) is 0. The zero-order chi connectivity index (χ0) is 17.3. The van der Waals surface area contributed by atoms with E-state index in [2.05, 4.69) is 15.0 Å². The van der Waals surface area contributed by atoms with Gasteiger partial charge in [0.25, 0.3) is 0 Å². The molecule has 1 aromatic rings. The highest BCUT2D eigenvalue weighted by Crippen LogP contribution is 2.40. The first kappa shape index (κ1) is 21.0. The Balaban J connectivity index is 0.00000288. The summed E-state index contributed by atoms with van der Waals surface area (Å²) in [5.41, 5.74) is -0.101. The predicted molar refractivity (Wildman–Crippen MR) is 87.0 cm³/mol. The number of hydrogen-bond acceptors (Lipinski definition) is 3. The molecule has 8 heteroatoms. The van der Waals surface area contributed by atoms with Gasteiger partial charge in [-0.25, -0.2) is 4.39 Å². The van der Waals surface area contributed by atoms with Crippen molar-refractivity contribution in [3.63, 3.8) is 0 Å². The number of rotatable bonds is 3. The van der Waals surface area contributed by atoms with Crippen molar-refractivity contribution >= 4 is 12.4 Å². The monoisotopic (exact) mass is 370 g/mol.